The van der Waals surface area contributed by atoms with Gasteiger partial charge in [0.05, 0.1) is 11.6 Å². The van der Waals surface area contributed by atoms with Crippen molar-refractivity contribution in [2.75, 3.05) is 5.32 Å². The molecule has 0 unspecified atom stereocenters. The molecular weight excluding hydrogens is 349 g/mol. The molecule has 2 aromatic rings. The second-order valence-electron chi connectivity index (χ2n) is 3.56. The minimum atomic E-state index is -0.787. The van der Waals surface area contributed by atoms with E-state index >= 15 is 0 Å². The first-order valence-electron chi connectivity index (χ1n) is 5.02. The minimum Gasteiger partial charge on any atom is -0.351 e. The van der Waals surface area contributed by atoms with Crippen molar-refractivity contribution in [1.29, 1.82) is 5.26 Å². The molecule has 2 rings (SSSR count). The van der Waals surface area contributed by atoms with Gasteiger partial charge in [0, 0.05) is 9.26 Å². The number of nitrogens with zero attached hydrogens (tertiary/aromatic N) is 1. The molecule has 0 aromatic heterocycles. The smallest absolute Gasteiger partial charge is 0.150 e. The Morgan fingerprint density at radius 2 is 1.78 bits per heavy atom. The first kappa shape index (κ1) is 12.8. The number of halogens is 3. The molecule has 0 aliphatic heterocycles. The molecule has 0 atom stereocenters. The lowest BCUT2D eigenvalue weighted by molar-refractivity contribution is 0.590. The maximum Gasteiger partial charge on any atom is 0.150 e. The number of anilines is 2. The van der Waals surface area contributed by atoms with Crippen molar-refractivity contribution >= 4 is 34.0 Å². The lowest BCUT2D eigenvalue weighted by Crippen LogP contribution is -1.98. The fourth-order valence-electron chi connectivity index (χ4n) is 1.47. The summed E-state index contributed by atoms with van der Waals surface area (Å²) in [5, 5.41) is 11.3. The third kappa shape index (κ3) is 2.76. The van der Waals surface area contributed by atoms with Gasteiger partial charge in [-0.15, -0.1) is 0 Å². The first-order valence-corrected chi connectivity index (χ1v) is 6.10. The van der Waals surface area contributed by atoms with Crippen molar-refractivity contribution in [1.82, 2.24) is 0 Å². The summed E-state index contributed by atoms with van der Waals surface area (Å²) in [6, 6.07) is 10.8. The van der Waals surface area contributed by atoms with Crippen molar-refractivity contribution in [2.24, 2.45) is 0 Å². The molecule has 0 spiro atoms. The molecule has 0 saturated heterocycles. The monoisotopic (exact) mass is 356 g/mol. The van der Waals surface area contributed by atoms with E-state index in [9.17, 15) is 8.78 Å². The third-order valence-electron chi connectivity index (χ3n) is 2.27. The summed E-state index contributed by atoms with van der Waals surface area (Å²) >= 11 is 2.11. The predicted molar refractivity (Wildman–Crippen MR) is 73.5 cm³/mol. The van der Waals surface area contributed by atoms with Gasteiger partial charge in [-0.05, 0) is 52.9 Å². The highest BCUT2D eigenvalue weighted by molar-refractivity contribution is 14.1. The van der Waals surface area contributed by atoms with E-state index in [-0.39, 0.29) is 11.3 Å². The zero-order chi connectivity index (χ0) is 13.1. The van der Waals surface area contributed by atoms with Crippen LogP contribution < -0.4 is 5.32 Å². The number of hydrogen-bond acceptors (Lipinski definition) is 2. The Labute approximate surface area is 116 Å². The van der Waals surface area contributed by atoms with Gasteiger partial charge >= 0.3 is 0 Å². The zero-order valence-corrected chi connectivity index (χ0v) is 11.2. The molecule has 0 aliphatic carbocycles. The summed E-state index contributed by atoms with van der Waals surface area (Å²) in [6.07, 6.45) is 0. The van der Waals surface area contributed by atoms with Crippen molar-refractivity contribution in [3.8, 4) is 6.07 Å². The summed E-state index contributed by atoms with van der Waals surface area (Å²) in [5.74, 6) is -1.57. The van der Waals surface area contributed by atoms with Gasteiger partial charge in [-0.25, -0.2) is 8.78 Å². The number of rotatable bonds is 2. The molecule has 0 radical (unpaired) electrons. The van der Waals surface area contributed by atoms with Crippen LogP contribution in [0.15, 0.2) is 36.4 Å². The fraction of sp³-hybridized carbons (Fsp3) is 0. The number of nitrogens with one attached hydrogen (secondary N) is 1. The highest BCUT2D eigenvalue weighted by Gasteiger charge is 2.11. The molecule has 0 amide bonds. The van der Waals surface area contributed by atoms with Crippen LogP contribution >= 0.6 is 22.6 Å². The van der Waals surface area contributed by atoms with Crippen LogP contribution in [-0.2, 0) is 0 Å². The largest absolute Gasteiger partial charge is 0.351 e. The lowest BCUT2D eigenvalue weighted by Gasteiger charge is -2.09. The van der Waals surface area contributed by atoms with E-state index in [0.29, 0.717) is 5.69 Å². The SMILES string of the molecule is N#Cc1cc(F)c(Nc2cccc(I)c2)c(F)c1. The summed E-state index contributed by atoms with van der Waals surface area (Å²) < 4.78 is 28.2. The van der Waals surface area contributed by atoms with Crippen LogP contribution in [0, 0.1) is 26.5 Å². The van der Waals surface area contributed by atoms with Gasteiger partial charge in [0.1, 0.15) is 5.69 Å². The van der Waals surface area contributed by atoms with Crippen LogP contribution in [0.1, 0.15) is 5.56 Å². The minimum absolute atomic E-state index is 0.0433. The lowest BCUT2D eigenvalue weighted by atomic mass is 10.2. The van der Waals surface area contributed by atoms with Gasteiger partial charge < -0.3 is 5.32 Å². The Morgan fingerprint density at radius 1 is 1.11 bits per heavy atom. The van der Waals surface area contributed by atoms with Gasteiger partial charge in [0.2, 0.25) is 0 Å². The average Bonchev–Trinajstić information content (AvgIpc) is 2.33. The van der Waals surface area contributed by atoms with E-state index in [0.717, 1.165) is 15.7 Å². The zero-order valence-electron chi connectivity index (χ0n) is 9.05. The van der Waals surface area contributed by atoms with E-state index < -0.39 is 11.6 Å². The first-order chi connectivity index (χ1) is 8.60. The molecule has 18 heavy (non-hydrogen) atoms. The molecule has 90 valence electrons. The van der Waals surface area contributed by atoms with Gasteiger partial charge in [-0.2, -0.15) is 5.26 Å². The van der Waals surface area contributed by atoms with Crippen molar-refractivity contribution in [3.05, 3.63) is 57.2 Å². The Balaban J connectivity index is 2.38. The Kier molecular flexibility index (Phi) is 3.77. The molecule has 0 saturated carbocycles. The maximum atomic E-state index is 13.6. The van der Waals surface area contributed by atoms with Gasteiger partial charge in [0.25, 0.3) is 0 Å². The van der Waals surface area contributed by atoms with E-state index in [1.54, 1.807) is 24.3 Å². The summed E-state index contributed by atoms with van der Waals surface area (Å²) in [4.78, 5) is 0. The molecule has 0 fully saturated rings. The van der Waals surface area contributed by atoms with Crippen molar-refractivity contribution in [3.63, 3.8) is 0 Å². The maximum absolute atomic E-state index is 13.6. The number of benzene rings is 2. The van der Waals surface area contributed by atoms with Gasteiger partial charge in [-0.1, -0.05) is 6.07 Å². The second-order valence-corrected chi connectivity index (χ2v) is 4.81. The molecule has 5 heteroatoms. The Hall–Kier alpha value is -1.68. The molecular formula is C13H7F2IN2. The van der Waals surface area contributed by atoms with E-state index in [4.69, 9.17) is 5.26 Å². The Morgan fingerprint density at radius 3 is 2.33 bits per heavy atom. The molecule has 0 aliphatic rings. The van der Waals surface area contributed by atoms with Crippen LogP contribution in [0.4, 0.5) is 20.2 Å². The highest BCUT2D eigenvalue weighted by Crippen LogP contribution is 2.25. The molecule has 1 N–H and O–H groups in total. The van der Waals surface area contributed by atoms with Crippen LogP contribution in [0.5, 0.6) is 0 Å². The van der Waals surface area contributed by atoms with Gasteiger partial charge in [-0.3, -0.25) is 0 Å². The molecule has 2 nitrogen and oxygen atoms in total. The van der Waals surface area contributed by atoms with Crippen LogP contribution in [0.2, 0.25) is 0 Å². The normalized spacial score (nSPS) is 9.89. The number of nitriles is 1. The van der Waals surface area contributed by atoms with Crippen LogP contribution in [0.3, 0.4) is 0 Å². The standard InChI is InChI=1S/C13H7F2IN2/c14-11-4-8(7-17)5-12(15)13(11)18-10-3-1-2-9(16)6-10/h1-6,18H. The quantitative estimate of drug-likeness (QED) is 0.820. The van der Waals surface area contributed by atoms with Crippen LogP contribution in [0.25, 0.3) is 0 Å². The third-order valence-corrected chi connectivity index (χ3v) is 2.94. The molecule has 0 bridgehead atoms. The average molecular weight is 356 g/mol. The number of hydrogen-bond donors (Lipinski definition) is 1. The molecule has 2 aromatic carbocycles. The topological polar surface area (TPSA) is 35.8 Å². The Bertz CT molecular complexity index is 612. The second kappa shape index (κ2) is 5.31. The van der Waals surface area contributed by atoms with Crippen molar-refractivity contribution in [2.45, 2.75) is 0 Å². The fourth-order valence-corrected chi connectivity index (χ4v) is 2.01. The van der Waals surface area contributed by atoms with E-state index in [2.05, 4.69) is 27.9 Å². The van der Waals surface area contributed by atoms with E-state index in [1.165, 1.54) is 0 Å². The summed E-state index contributed by atoms with van der Waals surface area (Å²) in [7, 11) is 0. The van der Waals surface area contributed by atoms with Gasteiger partial charge in [0.15, 0.2) is 11.6 Å². The van der Waals surface area contributed by atoms with Crippen molar-refractivity contribution < 1.29 is 8.78 Å². The highest BCUT2D eigenvalue weighted by atomic mass is 127. The van der Waals surface area contributed by atoms with E-state index in [1.807, 2.05) is 6.07 Å². The predicted octanol–water partition coefficient (Wildman–Crippen LogP) is 4.18. The summed E-state index contributed by atoms with van der Waals surface area (Å²) in [6.45, 7) is 0. The summed E-state index contributed by atoms with van der Waals surface area (Å²) in [5.41, 5.74) is 0.290. The molecule has 0 heterocycles. The van der Waals surface area contributed by atoms with Crippen LogP contribution in [-0.4, -0.2) is 0 Å².